The first-order valence-electron chi connectivity index (χ1n) is 38.4. The molecule has 0 saturated carbocycles. The van der Waals surface area contributed by atoms with Crippen molar-refractivity contribution in [2.24, 2.45) is 17.8 Å². The highest BCUT2D eigenvalue weighted by Crippen LogP contribution is 2.45. The number of unbranched alkanes of at least 4 members (excludes halogenated alkanes) is 39. The molecule has 0 amide bonds. The van der Waals surface area contributed by atoms with Crippen LogP contribution in [0.2, 0.25) is 0 Å². The maximum absolute atomic E-state index is 13.1. The summed E-state index contributed by atoms with van der Waals surface area (Å²) in [7, 11) is -9.90. The molecule has 3 unspecified atom stereocenters. The summed E-state index contributed by atoms with van der Waals surface area (Å²) in [5.74, 6) is 0.231. The molecule has 0 aliphatic heterocycles. The molecule has 93 heavy (non-hydrogen) atoms. The summed E-state index contributed by atoms with van der Waals surface area (Å²) in [6, 6.07) is 0. The van der Waals surface area contributed by atoms with Gasteiger partial charge in [-0.15, -0.1) is 0 Å². The number of phosphoric acid groups is 2. The zero-order valence-electron chi connectivity index (χ0n) is 60.7. The van der Waals surface area contributed by atoms with Gasteiger partial charge in [0.2, 0.25) is 0 Å². The molecule has 0 aliphatic carbocycles. The molecule has 0 radical (unpaired) electrons. The number of ether oxygens (including phenoxy) is 4. The van der Waals surface area contributed by atoms with Gasteiger partial charge in [0.1, 0.15) is 19.3 Å². The van der Waals surface area contributed by atoms with Gasteiger partial charge in [-0.3, -0.25) is 37.3 Å². The number of rotatable bonds is 72. The Bertz CT molecular complexity index is 1820. The molecule has 17 nitrogen and oxygen atoms in total. The number of esters is 4. The zero-order chi connectivity index (χ0) is 68.7. The smallest absolute Gasteiger partial charge is 0.462 e. The molecule has 0 aromatic heterocycles. The second-order valence-corrected chi connectivity index (χ2v) is 30.8. The Morgan fingerprint density at radius 3 is 0.817 bits per heavy atom. The van der Waals surface area contributed by atoms with Gasteiger partial charge in [0.15, 0.2) is 12.2 Å². The third-order valence-corrected chi connectivity index (χ3v) is 19.4. The van der Waals surface area contributed by atoms with Crippen LogP contribution in [-0.4, -0.2) is 96.7 Å². The molecule has 0 bridgehead atoms. The van der Waals surface area contributed by atoms with Crippen LogP contribution in [0.5, 0.6) is 0 Å². The number of aliphatic hydroxyl groups is 1. The van der Waals surface area contributed by atoms with E-state index < -0.39 is 97.5 Å². The van der Waals surface area contributed by atoms with E-state index in [0.717, 1.165) is 114 Å². The van der Waals surface area contributed by atoms with E-state index >= 15 is 0 Å². The Kier molecular flexibility index (Phi) is 63.4. The van der Waals surface area contributed by atoms with Crippen molar-refractivity contribution in [2.45, 2.75) is 394 Å². The van der Waals surface area contributed by atoms with Gasteiger partial charge in [-0.05, 0) is 43.4 Å². The van der Waals surface area contributed by atoms with E-state index in [0.29, 0.717) is 25.7 Å². The maximum atomic E-state index is 13.1. The summed E-state index contributed by atoms with van der Waals surface area (Å²) < 4.78 is 68.4. The minimum absolute atomic E-state index is 0.104. The van der Waals surface area contributed by atoms with Crippen molar-refractivity contribution < 1.29 is 80.2 Å². The minimum atomic E-state index is -4.96. The number of hydrogen-bond acceptors (Lipinski definition) is 15. The van der Waals surface area contributed by atoms with Crippen LogP contribution in [0.25, 0.3) is 0 Å². The Morgan fingerprint density at radius 1 is 0.312 bits per heavy atom. The van der Waals surface area contributed by atoms with Crippen LogP contribution in [0.4, 0.5) is 0 Å². The van der Waals surface area contributed by atoms with Crippen molar-refractivity contribution in [3.05, 3.63) is 0 Å². The third-order valence-electron chi connectivity index (χ3n) is 17.5. The fourth-order valence-electron chi connectivity index (χ4n) is 11.2. The first-order valence-corrected chi connectivity index (χ1v) is 41.4. The average molecular weight is 1370 g/mol. The lowest BCUT2D eigenvalue weighted by atomic mass is 9.99. The Labute approximate surface area is 568 Å². The van der Waals surface area contributed by atoms with Crippen molar-refractivity contribution >= 4 is 39.5 Å². The topological polar surface area (TPSA) is 237 Å². The highest BCUT2D eigenvalue weighted by molar-refractivity contribution is 7.47. The highest BCUT2D eigenvalue weighted by atomic mass is 31.2. The number of hydrogen-bond donors (Lipinski definition) is 3. The molecular weight excluding hydrogens is 1220 g/mol. The van der Waals surface area contributed by atoms with Gasteiger partial charge >= 0.3 is 39.5 Å². The van der Waals surface area contributed by atoms with Crippen molar-refractivity contribution in [1.29, 1.82) is 0 Å². The summed E-state index contributed by atoms with van der Waals surface area (Å²) >= 11 is 0. The third kappa shape index (κ3) is 67.0. The van der Waals surface area contributed by atoms with Crippen LogP contribution in [0.1, 0.15) is 376 Å². The highest BCUT2D eigenvalue weighted by Gasteiger charge is 2.30. The second-order valence-electron chi connectivity index (χ2n) is 27.9. The molecule has 0 spiro atoms. The molecular formula is C74H144O17P2. The van der Waals surface area contributed by atoms with E-state index in [9.17, 15) is 43.2 Å². The number of carbonyl (C=O) groups excluding carboxylic acids is 4. The van der Waals surface area contributed by atoms with E-state index in [1.807, 2.05) is 0 Å². The molecule has 0 aromatic carbocycles. The Morgan fingerprint density at radius 2 is 0.548 bits per heavy atom. The molecule has 19 heteroatoms. The largest absolute Gasteiger partial charge is 0.472 e. The maximum Gasteiger partial charge on any atom is 0.472 e. The van der Waals surface area contributed by atoms with Gasteiger partial charge in [0.25, 0.3) is 0 Å². The number of carbonyl (C=O) groups is 4. The van der Waals surface area contributed by atoms with Crippen LogP contribution in [0.15, 0.2) is 0 Å². The van der Waals surface area contributed by atoms with Crippen LogP contribution < -0.4 is 0 Å². The summed E-state index contributed by atoms with van der Waals surface area (Å²) in [6.07, 6.45) is 50.0. The van der Waals surface area contributed by atoms with Crippen LogP contribution in [0, 0.1) is 17.8 Å². The fourth-order valence-corrected chi connectivity index (χ4v) is 12.8. The lowest BCUT2D eigenvalue weighted by molar-refractivity contribution is -0.161. The van der Waals surface area contributed by atoms with Crippen molar-refractivity contribution in [2.75, 3.05) is 39.6 Å². The Balaban J connectivity index is 5.22. The first-order chi connectivity index (χ1) is 44.8. The van der Waals surface area contributed by atoms with Gasteiger partial charge in [-0.2, -0.15) is 0 Å². The average Bonchev–Trinajstić information content (AvgIpc) is 3.06. The van der Waals surface area contributed by atoms with Crippen molar-refractivity contribution in [1.82, 2.24) is 0 Å². The zero-order valence-corrected chi connectivity index (χ0v) is 62.5. The normalized spacial score (nSPS) is 14.4. The standard InChI is InChI=1S/C74H144O17P2/c1-8-10-11-12-13-34-41-48-55-71(76)84-61-69(91-74(79)58-51-44-37-30-29-32-39-46-53-66(5)6)63-88-92(80,81)86-59-68(75)60-87-93(82,83)89-64-70(62-85-72(77)56-49-42-35-27-23-20-16-17-21-25-31-38-45-52-65(3)4)90-73(78)57-50-43-36-28-24-19-15-14-18-22-26-33-40-47-54-67(7)9-2/h65-70,75H,8-64H2,1-7H3,(H,80,81)(H,82,83)/t67?,68-,69+,70+/m0/s1. The van der Waals surface area contributed by atoms with E-state index in [4.69, 9.17) is 37.0 Å². The van der Waals surface area contributed by atoms with Crippen LogP contribution in [-0.2, 0) is 65.4 Å². The van der Waals surface area contributed by atoms with Gasteiger partial charge in [0.05, 0.1) is 26.4 Å². The fraction of sp³-hybridized carbons (Fsp3) is 0.946. The Hall–Kier alpha value is -1.94. The summed E-state index contributed by atoms with van der Waals surface area (Å²) in [5.41, 5.74) is 0. The molecule has 3 N–H and O–H groups in total. The van der Waals surface area contributed by atoms with E-state index in [-0.39, 0.29) is 25.7 Å². The predicted molar refractivity (Wildman–Crippen MR) is 377 cm³/mol. The lowest BCUT2D eigenvalue weighted by Crippen LogP contribution is -2.30. The number of aliphatic hydroxyl groups excluding tert-OH is 1. The monoisotopic (exact) mass is 1370 g/mol. The minimum Gasteiger partial charge on any atom is -0.462 e. The molecule has 0 heterocycles. The lowest BCUT2D eigenvalue weighted by Gasteiger charge is -2.21. The summed E-state index contributed by atoms with van der Waals surface area (Å²) in [5, 5.41) is 10.6. The van der Waals surface area contributed by atoms with Gasteiger partial charge in [0, 0.05) is 25.7 Å². The molecule has 0 rings (SSSR count). The first kappa shape index (κ1) is 91.1. The molecule has 0 saturated heterocycles. The van der Waals surface area contributed by atoms with Crippen molar-refractivity contribution in [3.8, 4) is 0 Å². The van der Waals surface area contributed by atoms with E-state index in [1.165, 1.54) is 180 Å². The van der Waals surface area contributed by atoms with E-state index in [1.54, 1.807) is 0 Å². The second kappa shape index (κ2) is 64.7. The number of phosphoric ester groups is 2. The quantitative estimate of drug-likeness (QED) is 0.0222. The predicted octanol–water partition coefficient (Wildman–Crippen LogP) is 21.4. The van der Waals surface area contributed by atoms with E-state index in [2.05, 4.69) is 48.5 Å². The van der Waals surface area contributed by atoms with Gasteiger partial charge in [-0.1, -0.05) is 325 Å². The van der Waals surface area contributed by atoms with Gasteiger partial charge in [-0.25, -0.2) is 9.13 Å². The molecule has 6 atom stereocenters. The summed E-state index contributed by atoms with van der Waals surface area (Å²) in [6.45, 7) is 11.9. The molecule has 0 aromatic rings. The summed E-state index contributed by atoms with van der Waals surface area (Å²) in [4.78, 5) is 72.6. The van der Waals surface area contributed by atoms with Crippen LogP contribution >= 0.6 is 15.6 Å². The molecule has 0 aliphatic rings. The van der Waals surface area contributed by atoms with Crippen LogP contribution in [0.3, 0.4) is 0 Å². The SMILES string of the molecule is CCCCCCCCCCC(=O)OC[C@H](COP(=O)(O)OC[C@H](O)COP(=O)(O)OC[C@@H](COC(=O)CCCCCCCCCCCCCCCC(C)C)OC(=O)CCCCCCCCCCCCCCCCC(C)CC)OC(=O)CCCCCCCCCCC(C)C. The van der Waals surface area contributed by atoms with Crippen molar-refractivity contribution in [3.63, 3.8) is 0 Å². The molecule has 0 fully saturated rings. The van der Waals surface area contributed by atoms with Gasteiger partial charge < -0.3 is 33.8 Å². The molecule has 552 valence electrons.